The summed E-state index contributed by atoms with van der Waals surface area (Å²) in [4.78, 5) is 0. The maximum atomic E-state index is 10.9. The van der Waals surface area contributed by atoms with Crippen molar-refractivity contribution in [3.05, 3.63) is 48.5 Å². The molecule has 0 aromatic heterocycles. The van der Waals surface area contributed by atoms with E-state index in [1.807, 2.05) is 13.8 Å². The molecule has 0 aliphatic rings. The Morgan fingerprint density at radius 1 is 0.714 bits per heavy atom. The van der Waals surface area contributed by atoms with Gasteiger partial charge in [0.2, 0.25) is 0 Å². The van der Waals surface area contributed by atoms with Crippen molar-refractivity contribution >= 4 is 48.9 Å². The van der Waals surface area contributed by atoms with Crippen molar-refractivity contribution in [3.8, 4) is 23.0 Å². The van der Waals surface area contributed by atoms with Crippen molar-refractivity contribution < 1.29 is 19.7 Å². The zero-order valence-electron chi connectivity index (χ0n) is 12.4. The molecule has 0 atom stereocenters. The van der Waals surface area contributed by atoms with E-state index >= 15 is 0 Å². The van der Waals surface area contributed by atoms with Crippen LogP contribution in [0.3, 0.4) is 0 Å². The monoisotopic (exact) mass is 412 g/mol. The fraction of sp³-hybridized carbons (Fsp3) is 0.250. The summed E-state index contributed by atoms with van der Waals surface area (Å²) in [7, 11) is 0. The standard InChI is InChI=1S/2C8H10O2.Ba/c2*1-2-10-8-6-4-3-5-7(8)9;/h2*3-6,9H,2H2,1H3;/q;;+2/p-2. The van der Waals surface area contributed by atoms with Gasteiger partial charge in [0.25, 0.3) is 0 Å². The second-order valence-corrected chi connectivity index (χ2v) is 3.76. The van der Waals surface area contributed by atoms with Crippen LogP contribution in [0.2, 0.25) is 0 Å². The third-order valence-corrected chi connectivity index (χ3v) is 2.30. The molecule has 2 rings (SSSR count). The minimum absolute atomic E-state index is 0. The Labute approximate surface area is 165 Å². The number of hydrogen-bond acceptors (Lipinski definition) is 4. The molecule has 0 N–H and O–H groups in total. The number of para-hydroxylation sites is 4. The third kappa shape index (κ3) is 7.69. The van der Waals surface area contributed by atoms with Gasteiger partial charge in [0.15, 0.2) is 0 Å². The number of ether oxygens (including phenoxy) is 2. The minimum atomic E-state index is -0.0515. The minimum Gasteiger partial charge on any atom is -0.870 e. The van der Waals surface area contributed by atoms with Crippen LogP contribution in [0.15, 0.2) is 48.5 Å². The average Bonchev–Trinajstić information content (AvgIpc) is 2.45. The van der Waals surface area contributed by atoms with E-state index < -0.39 is 0 Å². The van der Waals surface area contributed by atoms with Crippen molar-refractivity contribution in [1.29, 1.82) is 0 Å². The zero-order chi connectivity index (χ0) is 14.8. The van der Waals surface area contributed by atoms with E-state index in [0.29, 0.717) is 24.7 Å². The molecule has 21 heavy (non-hydrogen) atoms. The predicted molar refractivity (Wildman–Crippen MR) is 79.9 cm³/mol. The van der Waals surface area contributed by atoms with E-state index in [-0.39, 0.29) is 60.4 Å². The molecule has 5 heteroatoms. The van der Waals surface area contributed by atoms with Gasteiger partial charge in [-0.3, -0.25) is 0 Å². The van der Waals surface area contributed by atoms with E-state index in [4.69, 9.17) is 9.47 Å². The first-order chi connectivity index (χ1) is 9.69. The SMILES string of the molecule is CCOc1ccccc1[O-].CCOc1ccccc1[O-].[Ba+2]. The Bertz CT molecular complexity index is 470. The largest absolute Gasteiger partial charge is 2.00 e. The Morgan fingerprint density at radius 3 is 1.33 bits per heavy atom. The average molecular weight is 412 g/mol. The fourth-order valence-corrected chi connectivity index (χ4v) is 1.45. The van der Waals surface area contributed by atoms with E-state index in [9.17, 15) is 10.2 Å². The molecule has 0 spiro atoms. The molecule has 0 amide bonds. The first-order valence-electron chi connectivity index (χ1n) is 6.46. The molecule has 4 nitrogen and oxygen atoms in total. The summed E-state index contributed by atoms with van der Waals surface area (Å²) in [6, 6.07) is 13.3. The van der Waals surface area contributed by atoms with Crippen LogP contribution >= 0.6 is 0 Å². The van der Waals surface area contributed by atoms with E-state index in [0.717, 1.165) is 0 Å². The van der Waals surface area contributed by atoms with Gasteiger partial charge in [0, 0.05) is 0 Å². The van der Waals surface area contributed by atoms with Crippen molar-refractivity contribution in [1.82, 2.24) is 0 Å². The van der Waals surface area contributed by atoms with Gasteiger partial charge in [-0.15, -0.1) is 0 Å². The summed E-state index contributed by atoms with van der Waals surface area (Å²) in [5, 5.41) is 21.8. The van der Waals surface area contributed by atoms with Crippen LogP contribution in [0.5, 0.6) is 23.0 Å². The van der Waals surface area contributed by atoms with Crippen molar-refractivity contribution in [2.75, 3.05) is 13.2 Å². The second-order valence-electron chi connectivity index (χ2n) is 3.76. The third-order valence-electron chi connectivity index (χ3n) is 2.30. The van der Waals surface area contributed by atoms with E-state index in [2.05, 4.69) is 0 Å². The number of hydrogen-bond donors (Lipinski definition) is 0. The van der Waals surface area contributed by atoms with Gasteiger partial charge in [-0.1, -0.05) is 47.9 Å². The molecule has 0 saturated heterocycles. The quantitative estimate of drug-likeness (QED) is 0.721. The summed E-state index contributed by atoms with van der Waals surface area (Å²) >= 11 is 0. The summed E-state index contributed by atoms with van der Waals surface area (Å²) in [6.07, 6.45) is 0. The second kappa shape index (κ2) is 11.8. The molecule has 0 aliphatic heterocycles. The molecule has 0 fully saturated rings. The van der Waals surface area contributed by atoms with Gasteiger partial charge in [-0.25, -0.2) is 0 Å². The van der Waals surface area contributed by atoms with Gasteiger partial charge in [-0.2, -0.15) is 0 Å². The zero-order valence-corrected chi connectivity index (χ0v) is 16.8. The van der Waals surface area contributed by atoms with Crippen LogP contribution in [-0.4, -0.2) is 62.1 Å². The Kier molecular flexibility index (Phi) is 11.4. The summed E-state index contributed by atoms with van der Waals surface area (Å²) in [5.74, 6) is 0.767. The van der Waals surface area contributed by atoms with Crippen LogP contribution in [-0.2, 0) is 0 Å². The molecule has 0 unspecified atom stereocenters. The van der Waals surface area contributed by atoms with Crippen molar-refractivity contribution in [2.24, 2.45) is 0 Å². The molecule has 2 aromatic rings. The summed E-state index contributed by atoms with van der Waals surface area (Å²) in [6.45, 7) is 4.79. The maximum Gasteiger partial charge on any atom is 2.00 e. The fourth-order valence-electron chi connectivity index (χ4n) is 1.45. The molecule has 0 heterocycles. The molecule has 0 saturated carbocycles. The number of benzene rings is 2. The molecule has 0 aliphatic carbocycles. The van der Waals surface area contributed by atoms with Crippen LogP contribution in [0.4, 0.5) is 0 Å². The van der Waals surface area contributed by atoms with Crippen LogP contribution in [0.1, 0.15) is 13.8 Å². The van der Waals surface area contributed by atoms with E-state index in [1.165, 1.54) is 12.1 Å². The van der Waals surface area contributed by atoms with Crippen LogP contribution in [0.25, 0.3) is 0 Å². The molecule has 0 radical (unpaired) electrons. The van der Waals surface area contributed by atoms with Gasteiger partial charge < -0.3 is 19.7 Å². The van der Waals surface area contributed by atoms with Gasteiger partial charge in [0.1, 0.15) is 11.5 Å². The van der Waals surface area contributed by atoms with Gasteiger partial charge in [-0.05, 0) is 26.0 Å². The predicted octanol–water partition coefficient (Wildman–Crippen LogP) is 1.94. The maximum absolute atomic E-state index is 10.9. The Balaban J connectivity index is 0.000000364. The first kappa shape index (κ1) is 20.2. The summed E-state index contributed by atoms with van der Waals surface area (Å²) < 4.78 is 10.0. The van der Waals surface area contributed by atoms with Gasteiger partial charge in [0.05, 0.1) is 13.2 Å². The van der Waals surface area contributed by atoms with E-state index in [1.54, 1.807) is 36.4 Å². The van der Waals surface area contributed by atoms with Crippen molar-refractivity contribution in [2.45, 2.75) is 13.8 Å². The smallest absolute Gasteiger partial charge is 0.870 e. The van der Waals surface area contributed by atoms with Crippen LogP contribution < -0.4 is 19.7 Å². The molecule has 108 valence electrons. The topological polar surface area (TPSA) is 64.6 Å². The normalized spacial score (nSPS) is 8.86. The summed E-state index contributed by atoms with van der Waals surface area (Å²) in [5.41, 5.74) is 0. The molecular weight excluding hydrogens is 394 g/mol. The molecular formula is C16H18BaO4. The number of rotatable bonds is 4. The van der Waals surface area contributed by atoms with Gasteiger partial charge >= 0.3 is 48.9 Å². The molecule has 0 bridgehead atoms. The molecule has 2 aromatic carbocycles. The first-order valence-corrected chi connectivity index (χ1v) is 6.46. The van der Waals surface area contributed by atoms with Crippen molar-refractivity contribution in [3.63, 3.8) is 0 Å². The Hall–Kier alpha value is -0.789. The Morgan fingerprint density at radius 2 is 1.05 bits per heavy atom. The van der Waals surface area contributed by atoms with Crippen LogP contribution in [0, 0.1) is 0 Å².